The second-order valence-corrected chi connectivity index (χ2v) is 14.0. The van der Waals surface area contributed by atoms with E-state index < -0.39 is 40.7 Å². The Balaban J connectivity index is 1.55. The minimum absolute atomic E-state index is 0.0446. The number of sulfonamides is 1. The third-order valence-corrected chi connectivity index (χ3v) is 9.85. The number of carbonyl (C=O) groups is 1. The van der Waals surface area contributed by atoms with E-state index in [0.717, 1.165) is 5.56 Å². The van der Waals surface area contributed by atoms with Crippen LogP contribution in [0.15, 0.2) is 78.7 Å². The van der Waals surface area contributed by atoms with Crippen molar-refractivity contribution < 1.29 is 42.0 Å². The van der Waals surface area contributed by atoms with Gasteiger partial charge in [0.2, 0.25) is 10.0 Å². The summed E-state index contributed by atoms with van der Waals surface area (Å²) in [6, 6.07) is 12.3. The van der Waals surface area contributed by atoms with Crippen LogP contribution in [0.25, 0.3) is 0 Å². The largest absolute Gasteiger partial charge is 0.497 e. The minimum Gasteiger partial charge on any atom is -0.497 e. The Morgan fingerprint density at radius 3 is 2.51 bits per heavy atom. The molecule has 0 bridgehead atoms. The van der Waals surface area contributed by atoms with Crippen LogP contribution in [0.3, 0.4) is 0 Å². The highest BCUT2D eigenvalue weighted by Gasteiger charge is 2.49. The number of aliphatic hydroxyl groups is 1. The second-order valence-electron chi connectivity index (χ2n) is 12.0. The van der Waals surface area contributed by atoms with Gasteiger partial charge in [0.05, 0.1) is 43.3 Å². The van der Waals surface area contributed by atoms with Crippen LogP contribution in [0.2, 0.25) is 0 Å². The summed E-state index contributed by atoms with van der Waals surface area (Å²) in [6.07, 6.45) is 0.384. The molecule has 0 radical (unpaired) electrons. The molecule has 3 N–H and O–H groups in total. The average molecular weight is 674 g/mol. The average Bonchev–Trinajstić information content (AvgIpc) is 3.64. The molecule has 1 amide bonds. The van der Waals surface area contributed by atoms with Crippen molar-refractivity contribution in [1.29, 1.82) is 0 Å². The molecule has 2 fully saturated rings. The Bertz CT molecular complexity index is 1440. The molecule has 0 aromatic heterocycles. The maximum absolute atomic E-state index is 13.8. The fraction of sp³-hybridized carbons (Fsp3) is 0.500. The Morgan fingerprint density at radius 2 is 1.83 bits per heavy atom. The van der Waals surface area contributed by atoms with E-state index in [-0.39, 0.29) is 48.9 Å². The van der Waals surface area contributed by atoms with Crippen molar-refractivity contribution in [3.63, 3.8) is 0 Å². The van der Waals surface area contributed by atoms with Gasteiger partial charge in [-0.05, 0) is 54.3 Å². The summed E-state index contributed by atoms with van der Waals surface area (Å²) < 4.78 is 57.0. The van der Waals surface area contributed by atoms with Crippen LogP contribution >= 0.6 is 0 Å². The molecular formula is C34H47N3O9S. The van der Waals surface area contributed by atoms with Gasteiger partial charge in [0.15, 0.2) is 6.29 Å². The number of hydrogen-bond donors (Lipinski definition) is 3. The van der Waals surface area contributed by atoms with E-state index in [1.165, 1.54) is 23.5 Å². The van der Waals surface area contributed by atoms with Gasteiger partial charge in [0, 0.05) is 25.7 Å². The number of amides is 1. The van der Waals surface area contributed by atoms with Crippen LogP contribution in [0.5, 0.6) is 11.5 Å². The zero-order valence-corrected chi connectivity index (χ0v) is 28.1. The molecule has 13 heteroatoms. The smallest absolute Gasteiger partial charge is 0.407 e. The summed E-state index contributed by atoms with van der Waals surface area (Å²) >= 11 is 0. The maximum atomic E-state index is 13.8. The van der Waals surface area contributed by atoms with Crippen LogP contribution in [0.1, 0.15) is 19.4 Å². The van der Waals surface area contributed by atoms with Gasteiger partial charge >= 0.3 is 6.09 Å². The molecule has 0 saturated carbocycles. The molecule has 2 aromatic carbocycles. The topological polar surface area (TPSA) is 145 Å². The van der Waals surface area contributed by atoms with Gasteiger partial charge in [-0.2, -0.15) is 4.31 Å². The third kappa shape index (κ3) is 9.78. The molecule has 0 unspecified atom stereocenters. The van der Waals surface area contributed by atoms with Crippen molar-refractivity contribution in [3.8, 4) is 11.5 Å². The molecule has 258 valence electrons. The first-order chi connectivity index (χ1) is 22.5. The van der Waals surface area contributed by atoms with Gasteiger partial charge < -0.3 is 39.4 Å². The molecule has 4 rings (SSSR count). The van der Waals surface area contributed by atoms with E-state index >= 15 is 0 Å². The molecule has 2 heterocycles. The number of carbonyl (C=O) groups excluding carboxylic acids is 1. The van der Waals surface area contributed by atoms with Crippen LogP contribution in [-0.4, -0.2) is 101 Å². The van der Waals surface area contributed by atoms with Crippen molar-refractivity contribution in [2.24, 2.45) is 11.8 Å². The second kappa shape index (κ2) is 17.1. The molecule has 2 aliphatic rings. The number of ether oxygens (including phenoxy) is 5. The molecule has 12 nitrogen and oxygen atoms in total. The number of rotatable bonds is 18. The van der Waals surface area contributed by atoms with Gasteiger partial charge in [0.1, 0.15) is 24.2 Å². The minimum atomic E-state index is -4.01. The normalized spacial score (nSPS) is 22.0. The number of nitrogens with one attached hydrogen (secondary N) is 2. The Morgan fingerprint density at radius 1 is 1.09 bits per heavy atom. The van der Waals surface area contributed by atoms with Crippen LogP contribution in [0, 0.1) is 11.8 Å². The lowest BCUT2D eigenvalue weighted by Gasteiger charge is -2.31. The Labute approximate surface area is 277 Å². The van der Waals surface area contributed by atoms with E-state index in [9.17, 15) is 18.3 Å². The number of nitrogens with zero attached hydrogens (tertiary/aromatic N) is 1. The van der Waals surface area contributed by atoms with Crippen molar-refractivity contribution in [3.05, 3.63) is 79.4 Å². The highest BCUT2D eigenvalue weighted by Crippen LogP contribution is 2.33. The molecule has 0 aliphatic carbocycles. The summed E-state index contributed by atoms with van der Waals surface area (Å²) in [5.74, 6) is 0.846. The number of methoxy groups -OCH3 is 1. The van der Waals surface area contributed by atoms with Crippen LogP contribution in [-0.2, 0) is 30.7 Å². The number of benzene rings is 2. The molecule has 2 saturated heterocycles. The molecule has 2 aromatic rings. The first kappa shape index (κ1) is 36.4. The lowest BCUT2D eigenvalue weighted by atomic mass is 9.98. The highest BCUT2D eigenvalue weighted by atomic mass is 32.2. The predicted molar refractivity (Wildman–Crippen MR) is 177 cm³/mol. The Kier molecular flexibility index (Phi) is 13.2. The fourth-order valence-corrected chi connectivity index (χ4v) is 7.36. The SMILES string of the molecule is C=CCN[C@H]1CO[C@@H]2OC[C@H](OC(=O)N[C@@H](Cc3cccc(OCC=C)c3)[C@H](O)CN(CC(C)C)S(=O)(=O)c3ccc(OC)cc3)[C@@H]21. The van der Waals surface area contributed by atoms with E-state index in [0.29, 0.717) is 31.3 Å². The standard InChI is InChI=1S/C34H47N3O9S/c1-6-15-35-29-21-44-33-32(29)31(22-45-33)46-34(39)36-28(18-24-9-8-10-26(17-24)43-16-7-2)30(38)20-37(19-23(3)4)47(40,41)27-13-11-25(42-5)12-14-27/h6-14,17,23,28-33,35,38H,1-2,15-16,18-22H2,3-5H3,(H,36,39)/t28-,29-,30+,31-,32-,33+/m0/s1. The summed E-state index contributed by atoms with van der Waals surface area (Å²) in [5.41, 5.74) is 0.756. The van der Waals surface area contributed by atoms with Gasteiger partial charge in [0.25, 0.3) is 0 Å². The van der Waals surface area contributed by atoms with Crippen molar-refractivity contribution in [2.75, 3.05) is 46.6 Å². The zero-order valence-electron chi connectivity index (χ0n) is 27.2. The molecule has 6 atom stereocenters. The van der Waals surface area contributed by atoms with E-state index in [1.807, 2.05) is 19.9 Å². The molecule has 47 heavy (non-hydrogen) atoms. The van der Waals surface area contributed by atoms with Crippen molar-refractivity contribution in [1.82, 2.24) is 14.9 Å². The fourth-order valence-electron chi connectivity index (χ4n) is 5.74. The summed E-state index contributed by atoms with van der Waals surface area (Å²) in [7, 11) is -2.51. The van der Waals surface area contributed by atoms with E-state index in [1.54, 1.807) is 42.5 Å². The number of aliphatic hydroxyl groups excluding tert-OH is 1. The predicted octanol–water partition coefficient (Wildman–Crippen LogP) is 3.12. The molecular weight excluding hydrogens is 626 g/mol. The van der Waals surface area contributed by atoms with E-state index in [2.05, 4.69) is 23.8 Å². The summed E-state index contributed by atoms with van der Waals surface area (Å²) in [6.45, 7) is 12.5. The lowest BCUT2D eigenvalue weighted by molar-refractivity contribution is -0.0908. The van der Waals surface area contributed by atoms with Gasteiger partial charge in [-0.25, -0.2) is 13.2 Å². The number of fused-ring (bicyclic) bond motifs is 1. The van der Waals surface area contributed by atoms with Crippen molar-refractivity contribution in [2.45, 2.75) is 55.7 Å². The third-order valence-electron chi connectivity index (χ3n) is 8.00. The zero-order chi connectivity index (χ0) is 34.0. The quantitative estimate of drug-likeness (QED) is 0.202. The number of hydrogen-bond acceptors (Lipinski definition) is 10. The first-order valence-corrected chi connectivity index (χ1v) is 17.2. The summed E-state index contributed by atoms with van der Waals surface area (Å²) in [5, 5.41) is 17.8. The molecule has 0 spiro atoms. The van der Waals surface area contributed by atoms with Gasteiger partial charge in [-0.3, -0.25) is 0 Å². The van der Waals surface area contributed by atoms with Gasteiger partial charge in [-0.1, -0.05) is 44.7 Å². The molecule has 2 aliphatic heterocycles. The van der Waals surface area contributed by atoms with E-state index in [4.69, 9.17) is 23.7 Å². The van der Waals surface area contributed by atoms with Crippen LogP contribution < -0.4 is 20.1 Å². The Hall–Kier alpha value is -3.46. The highest BCUT2D eigenvalue weighted by molar-refractivity contribution is 7.89. The summed E-state index contributed by atoms with van der Waals surface area (Å²) in [4.78, 5) is 13.5. The van der Waals surface area contributed by atoms with Crippen molar-refractivity contribution >= 4 is 16.1 Å². The maximum Gasteiger partial charge on any atom is 0.407 e. The van der Waals surface area contributed by atoms with Gasteiger partial charge in [-0.15, -0.1) is 6.58 Å². The first-order valence-electron chi connectivity index (χ1n) is 15.7. The lowest BCUT2D eigenvalue weighted by Crippen LogP contribution is -2.52. The monoisotopic (exact) mass is 673 g/mol. The van der Waals surface area contributed by atoms with Crippen LogP contribution in [0.4, 0.5) is 4.79 Å². The number of alkyl carbamates (subject to hydrolysis) is 1.